The molecule has 0 aliphatic heterocycles. The van der Waals surface area contributed by atoms with E-state index in [1.807, 2.05) is 18.2 Å². The molecule has 1 atom stereocenters. The van der Waals surface area contributed by atoms with Gasteiger partial charge in [-0.05, 0) is 59.7 Å². The minimum absolute atomic E-state index is 0.258. The topological polar surface area (TPSA) is 52.3 Å². The van der Waals surface area contributed by atoms with Gasteiger partial charge in [0.05, 0.1) is 0 Å². The Morgan fingerprint density at radius 1 is 1.14 bits per heavy atom. The fourth-order valence-electron chi connectivity index (χ4n) is 2.84. The number of hydrogen-bond acceptors (Lipinski definition) is 2. The van der Waals surface area contributed by atoms with Crippen molar-refractivity contribution in [3.63, 3.8) is 0 Å². The van der Waals surface area contributed by atoms with E-state index in [2.05, 4.69) is 0 Å². The van der Waals surface area contributed by atoms with Crippen molar-refractivity contribution in [1.82, 2.24) is 0 Å². The summed E-state index contributed by atoms with van der Waals surface area (Å²) in [6, 6.07) is 12.4. The highest BCUT2D eigenvalue weighted by molar-refractivity contribution is 5.67. The molecular formula is C17H16FNO2. The monoisotopic (exact) mass is 285 g/mol. The lowest BCUT2D eigenvalue weighted by atomic mass is 9.87. The standard InChI is InChI=1S/C17H16FNO2/c18-14-8-6-11(7-9-14)13-5-4-12-2-1-3-16(15(12)10-13)21-17(19)20/h4-10,16H,1-3H2,(H2,19,20). The van der Waals surface area contributed by atoms with Crippen LogP contribution in [0.5, 0.6) is 0 Å². The lowest BCUT2D eigenvalue weighted by molar-refractivity contribution is 0.0959. The summed E-state index contributed by atoms with van der Waals surface area (Å²) in [6.07, 6.45) is 1.69. The van der Waals surface area contributed by atoms with Gasteiger partial charge in [-0.15, -0.1) is 0 Å². The Morgan fingerprint density at radius 2 is 1.86 bits per heavy atom. The summed E-state index contributed by atoms with van der Waals surface area (Å²) < 4.78 is 18.2. The van der Waals surface area contributed by atoms with Crippen LogP contribution in [-0.2, 0) is 11.2 Å². The van der Waals surface area contributed by atoms with Crippen LogP contribution in [-0.4, -0.2) is 6.09 Å². The number of hydrogen-bond donors (Lipinski definition) is 1. The number of nitrogens with two attached hydrogens (primary N) is 1. The van der Waals surface area contributed by atoms with Crippen molar-refractivity contribution in [1.29, 1.82) is 0 Å². The Kier molecular flexibility index (Phi) is 3.60. The average molecular weight is 285 g/mol. The molecule has 2 aromatic rings. The summed E-state index contributed by atoms with van der Waals surface area (Å²) in [7, 11) is 0. The van der Waals surface area contributed by atoms with E-state index in [9.17, 15) is 9.18 Å². The molecule has 4 heteroatoms. The van der Waals surface area contributed by atoms with Gasteiger partial charge >= 0.3 is 6.09 Å². The molecule has 0 radical (unpaired) electrons. The zero-order valence-corrected chi connectivity index (χ0v) is 11.5. The summed E-state index contributed by atoms with van der Waals surface area (Å²) in [6.45, 7) is 0. The van der Waals surface area contributed by atoms with Gasteiger partial charge < -0.3 is 10.5 Å². The molecule has 0 spiro atoms. The lowest BCUT2D eigenvalue weighted by Crippen LogP contribution is -2.20. The second-order valence-electron chi connectivity index (χ2n) is 5.24. The predicted molar refractivity (Wildman–Crippen MR) is 78.2 cm³/mol. The summed E-state index contributed by atoms with van der Waals surface area (Å²) in [5.41, 5.74) is 9.24. The maximum atomic E-state index is 13.0. The number of amides is 1. The Bertz CT molecular complexity index is 667. The van der Waals surface area contributed by atoms with Crippen molar-refractivity contribution >= 4 is 6.09 Å². The van der Waals surface area contributed by atoms with Crippen LogP contribution in [0.3, 0.4) is 0 Å². The molecule has 2 aromatic carbocycles. The molecule has 0 saturated heterocycles. The first-order valence-corrected chi connectivity index (χ1v) is 6.98. The van der Waals surface area contributed by atoms with E-state index in [4.69, 9.17) is 10.5 Å². The van der Waals surface area contributed by atoms with Crippen molar-refractivity contribution in [3.05, 3.63) is 59.4 Å². The molecule has 1 aliphatic carbocycles. The molecule has 1 unspecified atom stereocenters. The highest BCUT2D eigenvalue weighted by Crippen LogP contribution is 2.35. The number of halogens is 1. The number of ether oxygens (including phenoxy) is 1. The van der Waals surface area contributed by atoms with Gasteiger partial charge in [-0.1, -0.05) is 24.3 Å². The van der Waals surface area contributed by atoms with Crippen LogP contribution in [0.2, 0.25) is 0 Å². The van der Waals surface area contributed by atoms with Gasteiger partial charge in [0.15, 0.2) is 0 Å². The van der Waals surface area contributed by atoms with Crippen LogP contribution in [0, 0.1) is 5.82 Å². The van der Waals surface area contributed by atoms with Gasteiger partial charge in [-0.25, -0.2) is 9.18 Å². The third-order valence-corrected chi connectivity index (χ3v) is 3.84. The Labute approximate surface area is 122 Å². The van der Waals surface area contributed by atoms with E-state index in [1.54, 1.807) is 12.1 Å². The predicted octanol–water partition coefficient (Wildman–Crippen LogP) is 3.97. The number of carbonyl (C=O) groups is 1. The first-order valence-electron chi connectivity index (χ1n) is 6.98. The van der Waals surface area contributed by atoms with Gasteiger partial charge in [0, 0.05) is 0 Å². The normalized spacial score (nSPS) is 17.1. The van der Waals surface area contributed by atoms with Crippen molar-refractivity contribution < 1.29 is 13.9 Å². The smallest absolute Gasteiger partial charge is 0.405 e. The Morgan fingerprint density at radius 3 is 2.57 bits per heavy atom. The summed E-state index contributed by atoms with van der Waals surface area (Å²) >= 11 is 0. The number of benzene rings is 2. The molecule has 108 valence electrons. The van der Waals surface area contributed by atoms with Crippen LogP contribution >= 0.6 is 0 Å². The van der Waals surface area contributed by atoms with E-state index < -0.39 is 6.09 Å². The third-order valence-electron chi connectivity index (χ3n) is 3.84. The first kappa shape index (κ1) is 13.6. The summed E-state index contributed by atoms with van der Waals surface area (Å²) in [5.74, 6) is -0.258. The minimum atomic E-state index is -0.750. The van der Waals surface area contributed by atoms with Crippen molar-refractivity contribution in [2.45, 2.75) is 25.4 Å². The molecule has 1 amide bonds. The number of carbonyl (C=O) groups excluding carboxylic acids is 1. The summed E-state index contributed by atoms with van der Waals surface area (Å²) in [4.78, 5) is 11.0. The van der Waals surface area contributed by atoms with Crippen LogP contribution in [0.15, 0.2) is 42.5 Å². The van der Waals surface area contributed by atoms with E-state index in [1.165, 1.54) is 17.7 Å². The van der Waals surface area contributed by atoms with Gasteiger partial charge in [-0.3, -0.25) is 0 Å². The number of primary amides is 1. The maximum absolute atomic E-state index is 13.0. The summed E-state index contributed by atoms with van der Waals surface area (Å²) in [5, 5.41) is 0. The molecular weight excluding hydrogens is 269 g/mol. The molecule has 0 heterocycles. The van der Waals surface area contributed by atoms with Crippen LogP contribution in [0.25, 0.3) is 11.1 Å². The SMILES string of the molecule is NC(=O)OC1CCCc2ccc(-c3ccc(F)cc3)cc21. The van der Waals surface area contributed by atoms with Crippen LogP contribution < -0.4 is 5.73 Å². The maximum Gasteiger partial charge on any atom is 0.405 e. The molecule has 3 rings (SSSR count). The zero-order chi connectivity index (χ0) is 14.8. The third kappa shape index (κ3) is 2.89. The zero-order valence-electron chi connectivity index (χ0n) is 11.5. The highest BCUT2D eigenvalue weighted by atomic mass is 19.1. The molecule has 3 nitrogen and oxygen atoms in total. The minimum Gasteiger partial charge on any atom is -0.442 e. The second-order valence-corrected chi connectivity index (χ2v) is 5.24. The number of aryl methyl sites for hydroxylation is 1. The van der Waals surface area contributed by atoms with Gasteiger partial charge in [0.25, 0.3) is 0 Å². The van der Waals surface area contributed by atoms with E-state index >= 15 is 0 Å². The largest absolute Gasteiger partial charge is 0.442 e. The van der Waals surface area contributed by atoms with Gasteiger partial charge in [-0.2, -0.15) is 0 Å². The van der Waals surface area contributed by atoms with E-state index in [0.717, 1.165) is 36.0 Å². The van der Waals surface area contributed by atoms with Crippen molar-refractivity contribution in [2.75, 3.05) is 0 Å². The molecule has 0 bridgehead atoms. The fourth-order valence-corrected chi connectivity index (χ4v) is 2.84. The van der Waals surface area contributed by atoms with Crippen molar-refractivity contribution in [3.8, 4) is 11.1 Å². The first-order chi connectivity index (χ1) is 10.1. The quantitative estimate of drug-likeness (QED) is 0.907. The number of fused-ring (bicyclic) bond motifs is 1. The molecule has 0 aromatic heterocycles. The molecule has 2 N–H and O–H groups in total. The van der Waals surface area contributed by atoms with Gasteiger partial charge in [0.2, 0.25) is 0 Å². The van der Waals surface area contributed by atoms with Gasteiger partial charge in [0.1, 0.15) is 11.9 Å². The molecule has 0 saturated carbocycles. The van der Waals surface area contributed by atoms with E-state index in [0.29, 0.717) is 0 Å². The van der Waals surface area contributed by atoms with Crippen molar-refractivity contribution in [2.24, 2.45) is 5.73 Å². The van der Waals surface area contributed by atoms with Crippen LogP contribution in [0.1, 0.15) is 30.1 Å². The Hall–Kier alpha value is -2.36. The fraction of sp³-hybridized carbons (Fsp3) is 0.235. The average Bonchev–Trinajstić information content (AvgIpc) is 2.47. The van der Waals surface area contributed by atoms with Crippen LogP contribution in [0.4, 0.5) is 9.18 Å². The molecule has 1 aliphatic rings. The number of rotatable bonds is 2. The lowest BCUT2D eigenvalue weighted by Gasteiger charge is -2.25. The molecule has 21 heavy (non-hydrogen) atoms. The molecule has 0 fully saturated rings. The second kappa shape index (κ2) is 5.56. The Balaban J connectivity index is 1.98. The van der Waals surface area contributed by atoms with E-state index in [-0.39, 0.29) is 11.9 Å². The highest BCUT2D eigenvalue weighted by Gasteiger charge is 2.23.